The predicted molar refractivity (Wildman–Crippen MR) is 127 cm³/mol. The number of hydrogen-bond donors (Lipinski definition) is 2. The fourth-order valence-electron chi connectivity index (χ4n) is 2.98. The Kier molecular flexibility index (Phi) is 6.57. The van der Waals surface area contributed by atoms with Crippen LogP contribution in [0.5, 0.6) is 5.88 Å². The second-order valence-electron chi connectivity index (χ2n) is 7.78. The van der Waals surface area contributed by atoms with Gasteiger partial charge in [0.15, 0.2) is 9.84 Å². The summed E-state index contributed by atoms with van der Waals surface area (Å²) in [5.74, 6) is 0.537. The van der Waals surface area contributed by atoms with Gasteiger partial charge in [0.2, 0.25) is 11.8 Å². The van der Waals surface area contributed by atoms with Gasteiger partial charge in [0.05, 0.1) is 22.9 Å². The van der Waals surface area contributed by atoms with Crippen molar-refractivity contribution in [1.82, 2.24) is 15.0 Å². The normalized spacial score (nSPS) is 12.1. The van der Waals surface area contributed by atoms with E-state index in [9.17, 15) is 13.0 Å². The number of benzene rings is 1. The van der Waals surface area contributed by atoms with Crippen molar-refractivity contribution in [2.45, 2.75) is 24.0 Å². The molecule has 0 radical (unpaired) electrons. The summed E-state index contributed by atoms with van der Waals surface area (Å²) in [5, 5.41) is 2.49. The van der Waals surface area contributed by atoms with E-state index in [0.29, 0.717) is 22.2 Å². The molecule has 0 atom stereocenters. The fourth-order valence-corrected chi connectivity index (χ4v) is 4.95. The summed E-state index contributed by atoms with van der Waals surface area (Å²) in [4.78, 5) is 12.9. The van der Waals surface area contributed by atoms with Gasteiger partial charge < -0.3 is 20.4 Å². The molecule has 0 aliphatic carbocycles. The van der Waals surface area contributed by atoms with E-state index in [2.05, 4.69) is 20.3 Å². The van der Waals surface area contributed by atoms with Gasteiger partial charge in [0, 0.05) is 17.3 Å². The number of methoxy groups -OCH3 is 1. The molecule has 3 aromatic rings. The first-order valence-corrected chi connectivity index (χ1v) is 13.9. The van der Waals surface area contributed by atoms with Crippen LogP contribution in [0.3, 0.4) is 0 Å². The van der Waals surface area contributed by atoms with Crippen LogP contribution in [-0.4, -0.2) is 49.1 Å². The number of ether oxygens (including phenoxy) is 1. The Labute approximate surface area is 187 Å². The van der Waals surface area contributed by atoms with Crippen LogP contribution >= 0.6 is 7.14 Å². The van der Waals surface area contributed by atoms with Crippen LogP contribution in [-0.2, 0) is 14.4 Å². The minimum absolute atomic E-state index is 0.00983. The molecule has 0 spiro atoms. The number of hydrogen-bond acceptors (Lipinski definition) is 9. The summed E-state index contributed by atoms with van der Waals surface area (Å²) in [6.07, 6.45) is 1.50. The van der Waals surface area contributed by atoms with E-state index in [4.69, 9.17) is 10.5 Å². The summed E-state index contributed by atoms with van der Waals surface area (Å²) in [6, 6.07) is 9.96. The van der Waals surface area contributed by atoms with Gasteiger partial charge >= 0.3 is 0 Å². The third kappa shape index (κ3) is 4.76. The Bertz CT molecular complexity index is 1310. The van der Waals surface area contributed by atoms with Crippen molar-refractivity contribution in [3.63, 3.8) is 0 Å². The lowest BCUT2D eigenvalue weighted by Crippen LogP contribution is -2.16. The molecule has 2 aromatic heterocycles. The van der Waals surface area contributed by atoms with E-state index in [1.165, 1.54) is 13.3 Å². The molecule has 32 heavy (non-hydrogen) atoms. The molecule has 0 fully saturated rings. The summed E-state index contributed by atoms with van der Waals surface area (Å²) in [5.41, 5.74) is 7.64. The van der Waals surface area contributed by atoms with E-state index in [-0.39, 0.29) is 22.5 Å². The monoisotopic (exact) mass is 475 g/mol. The van der Waals surface area contributed by atoms with E-state index in [1.807, 2.05) is 0 Å². The van der Waals surface area contributed by atoms with Gasteiger partial charge in [-0.05, 0) is 51.4 Å². The topological polar surface area (TPSA) is 137 Å². The second-order valence-corrected chi connectivity index (χ2v) is 13.4. The summed E-state index contributed by atoms with van der Waals surface area (Å²) >= 11 is 0. The molecule has 0 saturated carbocycles. The van der Waals surface area contributed by atoms with Crippen LogP contribution in [0, 0.1) is 0 Å². The van der Waals surface area contributed by atoms with Crippen molar-refractivity contribution in [3.8, 4) is 17.0 Å². The maximum atomic E-state index is 12.8. The highest BCUT2D eigenvalue weighted by molar-refractivity contribution is 7.92. The number of sulfone groups is 1. The Balaban J connectivity index is 2.16. The number of nitrogen functional groups attached to an aromatic ring is 1. The fraction of sp³-hybridized carbons (Fsp3) is 0.286. The molecule has 0 aliphatic rings. The van der Waals surface area contributed by atoms with Crippen LogP contribution in [0.25, 0.3) is 11.1 Å². The van der Waals surface area contributed by atoms with Gasteiger partial charge in [-0.25, -0.2) is 18.4 Å². The highest BCUT2D eigenvalue weighted by Gasteiger charge is 2.24. The highest BCUT2D eigenvalue weighted by Crippen LogP contribution is 2.39. The third-order valence-corrected chi connectivity index (χ3v) is 8.32. The number of nitrogens with one attached hydrogen (secondary N) is 1. The SMILES string of the molecule is COc1nc(P(C)(C)=O)ccc1-c1cnc(N)nc1Nc1ccccc1S(=O)(=O)C(C)C. The Morgan fingerprint density at radius 2 is 1.75 bits per heavy atom. The smallest absolute Gasteiger partial charge is 0.221 e. The van der Waals surface area contributed by atoms with Crippen molar-refractivity contribution >= 4 is 39.9 Å². The first-order valence-electron chi connectivity index (χ1n) is 9.78. The third-order valence-electron chi connectivity index (χ3n) is 4.76. The molecule has 0 bridgehead atoms. The van der Waals surface area contributed by atoms with Crippen LogP contribution in [0.4, 0.5) is 17.5 Å². The minimum atomic E-state index is -3.56. The largest absolute Gasteiger partial charge is 0.481 e. The molecular formula is C21H26N5O4PS. The molecule has 1 aromatic carbocycles. The number of rotatable bonds is 7. The molecule has 3 N–H and O–H groups in total. The molecule has 170 valence electrons. The number of anilines is 3. The number of nitrogens with zero attached hydrogens (tertiary/aromatic N) is 3. The summed E-state index contributed by atoms with van der Waals surface area (Å²) < 4.78 is 43.6. The first kappa shape index (κ1) is 23.7. The van der Waals surface area contributed by atoms with E-state index < -0.39 is 22.2 Å². The van der Waals surface area contributed by atoms with Gasteiger partial charge in [-0.3, -0.25) is 0 Å². The standard InChI is InChI=1S/C21H26N5O4PS/c1-13(2)32(28,29)17-9-7-6-8-16(17)24-19-15(12-23-21(22)26-19)14-10-11-18(31(4,5)27)25-20(14)30-3/h6-13H,1-5H3,(H3,22,23,24,26). The molecule has 2 heterocycles. The molecule has 0 aliphatic heterocycles. The second kappa shape index (κ2) is 8.88. The van der Waals surface area contributed by atoms with Crippen LogP contribution < -0.4 is 21.2 Å². The molecule has 0 saturated heterocycles. The van der Waals surface area contributed by atoms with Crippen molar-refractivity contribution in [1.29, 1.82) is 0 Å². The lowest BCUT2D eigenvalue weighted by atomic mass is 10.1. The number of para-hydroxylation sites is 1. The van der Waals surface area contributed by atoms with Gasteiger partial charge in [-0.2, -0.15) is 4.98 Å². The summed E-state index contributed by atoms with van der Waals surface area (Å²) in [7, 11) is -4.70. The van der Waals surface area contributed by atoms with Crippen molar-refractivity contribution in [2.24, 2.45) is 0 Å². The average Bonchev–Trinajstić information content (AvgIpc) is 2.73. The van der Waals surface area contributed by atoms with E-state index >= 15 is 0 Å². The van der Waals surface area contributed by atoms with E-state index in [0.717, 1.165) is 0 Å². The lowest BCUT2D eigenvalue weighted by Gasteiger charge is -2.17. The van der Waals surface area contributed by atoms with Gasteiger partial charge in [0.1, 0.15) is 18.4 Å². The summed E-state index contributed by atoms with van der Waals surface area (Å²) in [6.45, 7) is 6.50. The van der Waals surface area contributed by atoms with Gasteiger partial charge in [-0.1, -0.05) is 12.1 Å². The average molecular weight is 476 g/mol. The number of pyridine rings is 1. The van der Waals surface area contributed by atoms with Crippen molar-refractivity contribution in [2.75, 3.05) is 31.5 Å². The number of aromatic nitrogens is 3. The van der Waals surface area contributed by atoms with Crippen LogP contribution in [0.1, 0.15) is 13.8 Å². The lowest BCUT2D eigenvalue weighted by molar-refractivity contribution is 0.400. The maximum Gasteiger partial charge on any atom is 0.221 e. The quantitative estimate of drug-likeness (QED) is 0.493. The van der Waals surface area contributed by atoms with Crippen molar-refractivity contribution in [3.05, 3.63) is 42.6 Å². The van der Waals surface area contributed by atoms with Crippen LogP contribution in [0.15, 0.2) is 47.5 Å². The Morgan fingerprint density at radius 3 is 2.38 bits per heavy atom. The van der Waals surface area contributed by atoms with E-state index in [1.54, 1.807) is 63.6 Å². The predicted octanol–water partition coefficient (Wildman–Crippen LogP) is 3.30. The molecular weight excluding hydrogens is 449 g/mol. The number of nitrogens with two attached hydrogens (primary N) is 1. The van der Waals surface area contributed by atoms with Gasteiger partial charge in [0.25, 0.3) is 0 Å². The first-order chi connectivity index (χ1) is 14.9. The Hall–Kier alpha value is -2.97. The maximum absolute atomic E-state index is 12.8. The zero-order valence-corrected chi connectivity index (χ0v) is 20.2. The highest BCUT2D eigenvalue weighted by atomic mass is 32.2. The van der Waals surface area contributed by atoms with Gasteiger partial charge in [-0.15, -0.1) is 0 Å². The molecule has 0 unspecified atom stereocenters. The zero-order chi connectivity index (χ0) is 23.7. The molecule has 3 rings (SSSR count). The molecule has 9 nitrogen and oxygen atoms in total. The van der Waals surface area contributed by atoms with Crippen molar-refractivity contribution < 1.29 is 17.7 Å². The Morgan fingerprint density at radius 1 is 1.06 bits per heavy atom. The molecule has 0 amide bonds. The zero-order valence-electron chi connectivity index (χ0n) is 18.5. The van der Waals surface area contributed by atoms with Crippen LogP contribution in [0.2, 0.25) is 0 Å². The minimum Gasteiger partial charge on any atom is -0.481 e. The molecule has 11 heteroatoms.